The molecule has 0 N–H and O–H groups in total. The second kappa shape index (κ2) is 15.6. The zero-order valence-corrected chi connectivity index (χ0v) is 32.7. The molecule has 0 saturated heterocycles. The monoisotopic (exact) mass is 831 g/mol. The molecule has 0 aliphatic carbocycles. The molecular weight excluding hydrogens is 785 g/mol. The standard InChI is InChI=1S/C30H26N.C17H20N.Ir/c1-30(2,3)20-21-16-17-31-29(18-21)23-14-12-22(13-15-23)28-19-24-8-4-5-9-25(24)26-10-6-7-11-27(26)28;1-13-5-8-15(9-6-13)16-10-7-14(12-18-16)11-17(2,3)4;/h4-14,16-19H,20H2,1-3H3;5-8,10,12H,11H2,1-4H3;/q2*-1;. The van der Waals surface area contributed by atoms with E-state index in [0.29, 0.717) is 5.41 Å². The van der Waals surface area contributed by atoms with Crippen molar-refractivity contribution in [3.8, 4) is 33.6 Å². The molecule has 7 rings (SSSR count). The molecule has 0 spiro atoms. The van der Waals surface area contributed by atoms with Crippen molar-refractivity contribution in [3.05, 3.63) is 156 Å². The number of aryl methyl sites for hydroxylation is 1. The molecule has 0 aliphatic rings. The van der Waals surface area contributed by atoms with Crippen molar-refractivity contribution in [3.63, 3.8) is 0 Å². The zero-order valence-electron chi connectivity index (χ0n) is 30.3. The molecule has 0 aliphatic heterocycles. The van der Waals surface area contributed by atoms with Gasteiger partial charge in [-0.25, -0.2) is 0 Å². The summed E-state index contributed by atoms with van der Waals surface area (Å²) >= 11 is 0. The maximum Gasteiger partial charge on any atom is 0.0193 e. The topological polar surface area (TPSA) is 25.8 Å². The fraction of sp³-hybridized carbons (Fsp3) is 0.234. The van der Waals surface area contributed by atoms with Gasteiger partial charge in [-0.2, -0.15) is 0 Å². The van der Waals surface area contributed by atoms with Gasteiger partial charge < -0.3 is 9.97 Å². The van der Waals surface area contributed by atoms with E-state index in [1.807, 2.05) is 18.5 Å². The molecule has 0 unspecified atom stereocenters. The smallest absolute Gasteiger partial charge is 0.0193 e. The van der Waals surface area contributed by atoms with Gasteiger partial charge in [0.1, 0.15) is 0 Å². The van der Waals surface area contributed by atoms with Gasteiger partial charge in [0.05, 0.1) is 0 Å². The van der Waals surface area contributed by atoms with Gasteiger partial charge in [0.15, 0.2) is 0 Å². The SMILES string of the molecule is CC(C)(C)Cc1ccnc(-c2[c-]cc(-c3cc4ccccc4c4ccccc34)cc2)c1.Cc1c[c-]c(-c2ccc(CC(C)(C)C)cn2)cc1.[Ir]. The number of nitrogens with zero attached hydrogens (tertiary/aromatic N) is 2. The Balaban J connectivity index is 0.000000219. The summed E-state index contributed by atoms with van der Waals surface area (Å²) in [7, 11) is 0. The minimum absolute atomic E-state index is 0. The number of fused-ring (bicyclic) bond motifs is 3. The van der Waals surface area contributed by atoms with E-state index < -0.39 is 0 Å². The summed E-state index contributed by atoms with van der Waals surface area (Å²) in [6.07, 6.45) is 5.98. The van der Waals surface area contributed by atoms with Crippen LogP contribution in [0.25, 0.3) is 55.2 Å². The van der Waals surface area contributed by atoms with Crippen LogP contribution >= 0.6 is 0 Å². The molecule has 1 radical (unpaired) electrons. The zero-order chi connectivity index (χ0) is 34.6. The van der Waals surface area contributed by atoms with Crippen LogP contribution in [0.5, 0.6) is 0 Å². The molecule has 0 fully saturated rings. The van der Waals surface area contributed by atoms with Crippen LogP contribution < -0.4 is 0 Å². The molecular formula is C47H46IrN2-2. The van der Waals surface area contributed by atoms with Crippen LogP contribution in [0.2, 0.25) is 0 Å². The Bertz CT molecular complexity index is 2170. The van der Waals surface area contributed by atoms with Crippen LogP contribution in [-0.4, -0.2) is 9.97 Å². The average Bonchev–Trinajstić information content (AvgIpc) is 3.08. The van der Waals surface area contributed by atoms with Crippen molar-refractivity contribution in [2.24, 2.45) is 10.8 Å². The first-order valence-corrected chi connectivity index (χ1v) is 17.2. The van der Waals surface area contributed by atoms with Crippen molar-refractivity contribution in [2.75, 3.05) is 0 Å². The molecule has 2 nitrogen and oxygen atoms in total. The van der Waals surface area contributed by atoms with Gasteiger partial charge in [0.2, 0.25) is 0 Å². The molecule has 2 aromatic heterocycles. The van der Waals surface area contributed by atoms with Crippen molar-refractivity contribution in [1.82, 2.24) is 9.97 Å². The number of hydrogen-bond donors (Lipinski definition) is 0. The van der Waals surface area contributed by atoms with Crippen molar-refractivity contribution >= 4 is 21.5 Å². The molecule has 2 heterocycles. The van der Waals surface area contributed by atoms with Crippen LogP contribution in [-0.2, 0) is 32.9 Å². The molecule has 0 bridgehead atoms. The third-order valence-corrected chi connectivity index (χ3v) is 8.53. The van der Waals surface area contributed by atoms with Crippen LogP contribution in [0.15, 0.2) is 128 Å². The summed E-state index contributed by atoms with van der Waals surface area (Å²) in [6.45, 7) is 15.6. The maximum atomic E-state index is 4.60. The molecule has 0 amide bonds. The number of pyridine rings is 2. The molecule has 50 heavy (non-hydrogen) atoms. The number of benzene rings is 5. The normalized spacial score (nSPS) is 11.5. The fourth-order valence-corrected chi connectivity index (χ4v) is 6.35. The van der Waals surface area contributed by atoms with E-state index in [2.05, 4.69) is 180 Å². The Morgan fingerprint density at radius 1 is 0.560 bits per heavy atom. The summed E-state index contributed by atoms with van der Waals surface area (Å²) in [5, 5.41) is 5.11. The van der Waals surface area contributed by atoms with Gasteiger partial charge in [0, 0.05) is 32.5 Å². The Kier molecular flexibility index (Phi) is 11.5. The first-order valence-electron chi connectivity index (χ1n) is 17.2. The van der Waals surface area contributed by atoms with E-state index in [9.17, 15) is 0 Å². The molecule has 255 valence electrons. The van der Waals surface area contributed by atoms with Gasteiger partial charge in [-0.1, -0.05) is 138 Å². The summed E-state index contributed by atoms with van der Waals surface area (Å²) < 4.78 is 0. The third kappa shape index (κ3) is 9.42. The largest absolute Gasteiger partial charge is 0.305 e. The van der Waals surface area contributed by atoms with E-state index >= 15 is 0 Å². The van der Waals surface area contributed by atoms with E-state index in [-0.39, 0.29) is 25.5 Å². The van der Waals surface area contributed by atoms with E-state index in [1.54, 1.807) is 0 Å². The Labute approximate surface area is 312 Å². The van der Waals surface area contributed by atoms with Gasteiger partial charge in [-0.15, -0.1) is 65.2 Å². The van der Waals surface area contributed by atoms with Crippen molar-refractivity contribution in [2.45, 2.75) is 61.3 Å². The molecule has 0 atom stereocenters. The first-order chi connectivity index (χ1) is 23.4. The first kappa shape index (κ1) is 36.8. The van der Waals surface area contributed by atoms with E-state index in [0.717, 1.165) is 35.4 Å². The second-order valence-corrected chi connectivity index (χ2v) is 15.5. The van der Waals surface area contributed by atoms with Gasteiger partial charge in [-0.3, -0.25) is 0 Å². The van der Waals surface area contributed by atoms with Gasteiger partial charge in [0.25, 0.3) is 0 Å². The molecule has 3 heteroatoms. The fourth-order valence-electron chi connectivity index (χ4n) is 6.35. The van der Waals surface area contributed by atoms with E-state index in [1.165, 1.54) is 49.4 Å². The van der Waals surface area contributed by atoms with Gasteiger partial charge in [-0.05, 0) is 68.2 Å². The predicted octanol–water partition coefficient (Wildman–Crippen LogP) is 12.6. The second-order valence-electron chi connectivity index (χ2n) is 15.5. The molecule has 7 aromatic rings. The third-order valence-electron chi connectivity index (χ3n) is 8.53. The average molecular weight is 831 g/mol. The van der Waals surface area contributed by atoms with Crippen LogP contribution in [0.4, 0.5) is 0 Å². The van der Waals surface area contributed by atoms with Gasteiger partial charge >= 0.3 is 0 Å². The van der Waals surface area contributed by atoms with Crippen LogP contribution in [0.1, 0.15) is 58.2 Å². The predicted molar refractivity (Wildman–Crippen MR) is 209 cm³/mol. The Morgan fingerprint density at radius 2 is 1.20 bits per heavy atom. The number of hydrogen-bond acceptors (Lipinski definition) is 2. The summed E-state index contributed by atoms with van der Waals surface area (Å²) in [5.74, 6) is 0. The van der Waals surface area contributed by atoms with Crippen molar-refractivity contribution < 1.29 is 20.1 Å². The van der Waals surface area contributed by atoms with Crippen molar-refractivity contribution in [1.29, 1.82) is 0 Å². The number of rotatable bonds is 5. The quantitative estimate of drug-likeness (QED) is 0.128. The summed E-state index contributed by atoms with van der Waals surface area (Å²) in [6, 6.07) is 47.5. The molecule has 5 aromatic carbocycles. The minimum atomic E-state index is 0. The minimum Gasteiger partial charge on any atom is -0.305 e. The maximum absolute atomic E-state index is 4.60. The molecule has 0 saturated carbocycles. The van der Waals surface area contributed by atoms with Crippen LogP contribution in [0, 0.1) is 29.9 Å². The Hall–Kier alpha value is -4.43. The summed E-state index contributed by atoms with van der Waals surface area (Å²) in [4.78, 5) is 9.13. The Morgan fingerprint density at radius 3 is 1.84 bits per heavy atom. The van der Waals surface area contributed by atoms with E-state index in [4.69, 9.17) is 0 Å². The summed E-state index contributed by atoms with van der Waals surface area (Å²) in [5.41, 5.74) is 10.9. The number of aromatic nitrogens is 2. The van der Waals surface area contributed by atoms with Crippen LogP contribution in [0.3, 0.4) is 0 Å².